The SMILES string of the molecule is COc1ccc(NC(=O)COC(=O)C2(c3ccccc3F)CCCC2)c([N+](=O)[O-])c1. The highest BCUT2D eigenvalue weighted by molar-refractivity contribution is 5.95. The molecule has 8 nitrogen and oxygen atoms in total. The molecule has 1 fully saturated rings. The first-order chi connectivity index (χ1) is 14.4. The molecule has 0 radical (unpaired) electrons. The van der Waals surface area contributed by atoms with Crippen molar-refractivity contribution in [2.45, 2.75) is 31.1 Å². The molecule has 3 rings (SSSR count). The summed E-state index contributed by atoms with van der Waals surface area (Å²) in [5, 5.41) is 13.6. The van der Waals surface area contributed by atoms with Crippen LogP contribution >= 0.6 is 0 Å². The molecular weight excluding hydrogens is 395 g/mol. The second kappa shape index (κ2) is 8.89. The van der Waals surface area contributed by atoms with Crippen molar-refractivity contribution >= 4 is 23.3 Å². The standard InChI is InChI=1S/C21H21FN2O6/c1-29-14-8-9-17(18(12-14)24(27)28)23-19(25)13-30-20(26)21(10-4-5-11-21)15-6-2-3-7-16(15)22/h2-3,6-9,12H,4-5,10-11,13H2,1H3,(H,23,25). The summed E-state index contributed by atoms with van der Waals surface area (Å²) in [7, 11) is 1.37. The first-order valence-electron chi connectivity index (χ1n) is 9.42. The molecular formula is C21H21FN2O6. The lowest BCUT2D eigenvalue weighted by atomic mass is 9.78. The average Bonchev–Trinajstić information content (AvgIpc) is 3.23. The van der Waals surface area contributed by atoms with E-state index in [-0.39, 0.29) is 22.7 Å². The molecule has 1 aliphatic carbocycles. The number of esters is 1. The zero-order chi connectivity index (χ0) is 21.7. The van der Waals surface area contributed by atoms with Gasteiger partial charge in [0.25, 0.3) is 11.6 Å². The second-order valence-electron chi connectivity index (χ2n) is 7.03. The number of nitrogens with zero attached hydrogens (tertiary/aromatic N) is 1. The maximum Gasteiger partial charge on any atom is 0.317 e. The Bertz CT molecular complexity index is 972. The maximum absolute atomic E-state index is 14.4. The van der Waals surface area contributed by atoms with Gasteiger partial charge < -0.3 is 14.8 Å². The molecule has 1 saturated carbocycles. The van der Waals surface area contributed by atoms with Crippen molar-refractivity contribution in [1.29, 1.82) is 0 Å². The highest BCUT2D eigenvalue weighted by Gasteiger charge is 2.46. The Morgan fingerprint density at radius 1 is 1.20 bits per heavy atom. The van der Waals surface area contributed by atoms with Crippen LogP contribution in [0.3, 0.4) is 0 Å². The van der Waals surface area contributed by atoms with Crippen molar-refractivity contribution < 1.29 is 28.4 Å². The third-order valence-electron chi connectivity index (χ3n) is 5.25. The molecule has 0 heterocycles. The fraction of sp³-hybridized carbons (Fsp3) is 0.333. The van der Waals surface area contributed by atoms with Gasteiger partial charge in [-0.3, -0.25) is 19.7 Å². The predicted octanol–water partition coefficient (Wildman–Crippen LogP) is 3.74. The number of carbonyl (C=O) groups is 2. The van der Waals surface area contributed by atoms with Gasteiger partial charge in [-0.1, -0.05) is 31.0 Å². The molecule has 0 saturated heterocycles. The normalized spacial score (nSPS) is 14.7. The lowest BCUT2D eigenvalue weighted by molar-refractivity contribution is -0.384. The van der Waals surface area contributed by atoms with E-state index in [1.165, 1.54) is 31.4 Å². The number of hydrogen-bond donors (Lipinski definition) is 1. The van der Waals surface area contributed by atoms with Gasteiger partial charge in [-0.2, -0.15) is 0 Å². The van der Waals surface area contributed by atoms with Crippen molar-refractivity contribution in [2.75, 3.05) is 19.0 Å². The summed E-state index contributed by atoms with van der Waals surface area (Å²) in [6, 6.07) is 10.0. The van der Waals surface area contributed by atoms with E-state index < -0.39 is 34.6 Å². The number of benzene rings is 2. The van der Waals surface area contributed by atoms with E-state index >= 15 is 0 Å². The number of ether oxygens (including phenoxy) is 2. The van der Waals surface area contributed by atoms with Crippen LogP contribution in [0.4, 0.5) is 15.8 Å². The summed E-state index contributed by atoms with van der Waals surface area (Å²) in [5.74, 6) is -1.64. The van der Waals surface area contributed by atoms with E-state index in [0.29, 0.717) is 12.8 Å². The first-order valence-corrected chi connectivity index (χ1v) is 9.42. The van der Waals surface area contributed by atoms with Gasteiger partial charge in [0, 0.05) is 5.56 Å². The monoisotopic (exact) mass is 416 g/mol. The van der Waals surface area contributed by atoms with Crippen molar-refractivity contribution in [3.63, 3.8) is 0 Å². The summed E-state index contributed by atoms with van der Waals surface area (Å²) in [5.41, 5.74) is -1.27. The van der Waals surface area contributed by atoms with Crippen molar-refractivity contribution in [3.05, 3.63) is 64.0 Å². The van der Waals surface area contributed by atoms with E-state index in [0.717, 1.165) is 12.8 Å². The second-order valence-corrected chi connectivity index (χ2v) is 7.03. The highest BCUT2D eigenvalue weighted by Crippen LogP contribution is 2.43. The number of amides is 1. The molecule has 158 valence electrons. The number of anilines is 1. The molecule has 1 N–H and O–H groups in total. The number of halogens is 1. The average molecular weight is 416 g/mol. The van der Waals surface area contributed by atoms with Gasteiger partial charge in [0.05, 0.1) is 23.5 Å². The molecule has 0 unspecified atom stereocenters. The van der Waals surface area contributed by atoms with Crippen LogP contribution in [-0.4, -0.2) is 30.5 Å². The number of nitro groups is 1. The van der Waals surface area contributed by atoms with Crippen LogP contribution in [0.1, 0.15) is 31.2 Å². The van der Waals surface area contributed by atoms with Crippen molar-refractivity contribution in [1.82, 2.24) is 0 Å². The third kappa shape index (κ3) is 4.24. The van der Waals surface area contributed by atoms with Crippen LogP contribution in [0.2, 0.25) is 0 Å². The smallest absolute Gasteiger partial charge is 0.317 e. The minimum absolute atomic E-state index is 0.0495. The van der Waals surface area contributed by atoms with Crippen LogP contribution in [0.25, 0.3) is 0 Å². The zero-order valence-corrected chi connectivity index (χ0v) is 16.4. The molecule has 2 aromatic rings. The number of carbonyl (C=O) groups excluding carboxylic acids is 2. The molecule has 0 spiro atoms. The summed E-state index contributed by atoms with van der Waals surface area (Å²) in [4.78, 5) is 35.7. The van der Waals surface area contributed by atoms with Gasteiger partial charge >= 0.3 is 5.97 Å². The fourth-order valence-corrected chi connectivity index (χ4v) is 3.76. The Balaban J connectivity index is 1.71. The van der Waals surface area contributed by atoms with Crippen LogP contribution < -0.4 is 10.1 Å². The van der Waals surface area contributed by atoms with Crippen molar-refractivity contribution in [2.24, 2.45) is 0 Å². The molecule has 1 aliphatic rings. The van der Waals surface area contributed by atoms with Gasteiger partial charge in [0.15, 0.2) is 6.61 Å². The van der Waals surface area contributed by atoms with Crippen LogP contribution in [0.5, 0.6) is 5.75 Å². The van der Waals surface area contributed by atoms with Crippen LogP contribution in [-0.2, 0) is 19.7 Å². The van der Waals surface area contributed by atoms with E-state index in [2.05, 4.69) is 5.32 Å². The molecule has 1 amide bonds. The summed E-state index contributed by atoms with van der Waals surface area (Å²) in [6.07, 6.45) is 2.35. The zero-order valence-electron chi connectivity index (χ0n) is 16.4. The predicted molar refractivity (Wildman–Crippen MR) is 106 cm³/mol. The summed E-state index contributed by atoms with van der Waals surface area (Å²) >= 11 is 0. The fourth-order valence-electron chi connectivity index (χ4n) is 3.76. The highest BCUT2D eigenvalue weighted by atomic mass is 19.1. The van der Waals surface area contributed by atoms with E-state index in [9.17, 15) is 24.1 Å². The largest absolute Gasteiger partial charge is 0.496 e. The molecule has 0 atom stereocenters. The molecule has 2 aromatic carbocycles. The van der Waals surface area contributed by atoms with E-state index in [1.807, 2.05) is 0 Å². The van der Waals surface area contributed by atoms with Gasteiger partial charge in [0.1, 0.15) is 17.3 Å². The van der Waals surface area contributed by atoms with Crippen LogP contribution in [0, 0.1) is 15.9 Å². The quantitative estimate of drug-likeness (QED) is 0.419. The topological polar surface area (TPSA) is 108 Å². The van der Waals surface area contributed by atoms with Crippen LogP contribution in [0.15, 0.2) is 42.5 Å². The maximum atomic E-state index is 14.4. The number of rotatable bonds is 7. The molecule has 0 aromatic heterocycles. The Morgan fingerprint density at radius 2 is 1.90 bits per heavy atom. The summed E-state index contributed by atoms with van der Waals surface area (Å²) < 4.78 is 24.5. The summed E-state index contributed by atoms with van der Waals surface area (Å²) in [6.45, 7) is -0.641. The van der Waals surface area contributed by atoms with Gasteiger partial charge in [-0.15, -0.1) is 0 Å². The molecule has 0 aliphatic heterocycles. The van der Waals surface area contributed by atoms with E-state index in [1.54, 1.807) is 18.2 Å². The first kappa shape index (κ1) is 21.2. The third-order valence-corrected chi connectivity index (χ3v) is 5.25. The molecule has 9 heteroatoms. The Kier molecular flexibility index (Phi) is 6.29. The lowest BCUT2D eigenvalue weighted by Crippen LogP contribution is -2.37. The Labute approximate surface area is 172 Å². The molecule has 0 bridgehead atoms. The number of nitrogens with one attached hydrogen (secondary N) is 1. The molecule has 30 heavy (non-hydrogen) atoms. The minimum atomic E-state index is -1.13. The lowest BCUT2D eigenvalue weighted by Gasteiger charge is -2.27. The number of methoxy groups -OCH3 is 1. The van der Waals surface area contributed by atoms with Gasteiger partial charge in [-0.25, -0.2) is 4.39 Å². The Hall–Kier alpha value is -3.49. The van der Waals surface area contributed by atoms with Gasteiger partial charge in [-0.05, 0) is 31.0 Å². The number of hydrogen-bond acceptors (Lipinski definition) is 6. The van der Waals surface area contributed by atoms with E-state index in [4.69, 9.17) is 9.47 Å². The van der Waals surface area contributed by atoms with Gasteiger partial charge in [0.2, 0.25) is 0 Å². The Morgan fingerprint density at radius 3 is 2.53 bits per heavy atom. The van der Waals surface area contributed by atoms with Crippen molar-refractivity contribution in [3.8, 4) is 5.75 Å². The number of nitro benzene ring substituents is 1. The minimum Gasteiger partial charge on any atom is -0.496 e.